The summed E-state index contributed by atoms with van der Waals surface area (Å²) in [7, 11) is -3.42. The zero-order valence-electron chi connectivity index (χ0n) is 10.3. The zero-order valence-corrected chi connectivity index (χ0v) is 11.2. The van der Waals surface area contributed by atoms with E-state index in [1.807, 2.05) is 6.92 Å². The van der Waals surface area contributed by atoms with E-state index in [-0.39, 0.29) is 0 Å². The molecular formula is C13H20O3S. The Bertz CT molecular complexity index is 425. The van der Waals surface area contributed by atoms with Gasteiger partial charge in [0.05, 0.1) is 16.2 Å². The second-order valence-corrected chi connectivity index (χ2v) is 6.33. The van der Waals surface area contributed by atoms with Crippen molar-refractivity contribution in [3.63, 3.8) is 0 Å². The van der Waals surface area contributed by atoms with Crippen LogP contribution in [0.4, 0.5) is 0 Å². The number of aliphatic hydroxyl groups is 1. The molecule has 0 saturated carbocycles. The molecule has 0 heterocycles. The molecule has 0 radical (unpaired) electrons. The van der Waals surface area contributed by atoms with Crippen molar-refractivity contribution in [3.05, 3.63) is 30.3 Å². The lowest BCUT2D eigenvalue weighted by Crippen LogP contribution is -2.33. The normalized spacial score (nSPS) is 15.5. The van der Waals surface area contributed by atoms with E-state index < -0.39 is 21.2 Å². The molecule has 0 spiro atoms. The highest BCUT2D eigenvalue weighted by Gasteiger charge is 2.31. The number of hydrogen-bond acceptors (Lipinski definition) is 3. The van der Waals surface area contributed by atoms with E-state index in [9.17, 15) is 13.5 Å². The lowest BCUT2D eigenvalue weighted by Gasteiger charge is -2.21. The summed E-state index contributed by atoms with van der Waals surface area (Å²) in [5.41, 5.74) is 0. The third kappa shape index (κ3) is 3.30. The highest BCUT2D eigenvalue weighted by atomic mass is 32.2. The lowest BCUT2D eigenvalue weighted by molar-refractivity contribution is 0.155. The van der Waals surface area contributed by atoms with Crippen LogP contribution < -0.4 is 0 Å². The molecule has 0 aliphatic rings. The van der Waals surface area contributed by atoms with Crippen molar-refractivity contribution >= 4 is 9.84 Å². The molecule has 1 aromatic carbocycles. The molecular weight excluding hydrogens is 236 g/mol. The van der Waals surface area contributed by atoms with Crippen LogP contribution in [-0.2, 0) is 9.84 Å². The van der Waals surface area contributed by atoms with Gasteiger partial charge in [-0.15, -0.1) is 0 Å². The van der Waals surface area contributed by atoms with Gasteiger partial charge in [-0.05, 0) is 25.0 Å². The van der Waals surface area contributed by atoms with E-state index in [1.165, 1.54) is 0 Å². The van der Waals surface area contributed by atoms with E-state index in [2.05, 4.69) is 0 Å². The molecule has 17 heavy (non-hydrogen) atoms. The van der Waals surface area contributed by atoms with Gasteiger partial charge in [0.15, 0.2) is 9.84 Å². The first kappa shape index (κ1) is 14.2. The van der Waals surface area contributed by atoms with Crippen LogP contribution in [0.2, 0.25) is 0 Å². The summed E-state index contributed by atoms with van der Waals surface area (Å²) in [4.78, 5) is 0.294. The summed E-state index contributed by atoms with van der Waals surface area (Å²) in [5, 5.41) is 9.22. The Morgan fingerprint density at radius 1 is 1.18 bits per heavy atom. The highest BCUT2D eigenvalue weighted by Crippen LogP contribution is 2.22. The smallest absolute Gasteiger partial charge is 0.183 e. The fourth-order valence-corrected chi connectivity index (χ4v) is 3.84. The molecule has 0 amide bonds. The minimum Gasteiger partial charge on any atom is -0.392 e. The van der Waals surface area contributed by atoms with Crippen molar-refractivity contribution in [2.24, 2.45) is 0 Å². The summed E-state index contributed by atoms with van der Waals surface area (Å²) in [6.07, 6.45) is 0.945. The van der Waals surface area contributed by atoms with Gasteiger partial charge in [-0.3, -0.25) is 0 Å². The third-order valence-corrected chi connectivity index (χ3v) is 5.26. The second-order valence-electron chi connectivity index (χ2n) is 4.16. The maximum atomic E-state index is 12.3. The monoisotopic (exact) mass is 256 g/mol. The lowest BCUT2D eigenvalue weighted by atomic mass is 10.1. The largest absolute Gasteiger partial charge is 0.392 e. The van der Waals surface area contributed by atoms with Gasteiger partial charge in [0, 0.05) is 0 Å². The maximum Gasteiger partial charge on any atom is 0.183 e. The molecule has 0 saturated heterocycles. The Balaban J connectivity index is 3.03. The SMILES string of the molecule is CCCC(O)C(CC)S(=O)(=O)c1ccccc1. The first-order valence-corrected chi connectivity index (χ1v) is 7.55. The topological polar surface area (TPSA) is 54.4 Å². The van der Waals surface area contributed by atoms with Crippen LogP contribution in [0.1, 0.15) is 33.1 Å². The third-order valence-electron chi connectivity index (χ3n) is 2.89. The molecule has 0 aromatic heterocycles. The molecule has 2 unspecified atom stereocenters. The summed E-state index contributed by atoms with van der Waals surface area (Å²) in [6.45, 7) is 3.73. The summed E-state index contributed by atoms with van der Waals surface area (Å²) in [6, 6.07) is 8.34. The average Bonchev–Trinajstić information content (AvgIpc) is 2.31. The van der Waals surface area contributed by atoms with Gasteiger partial charge in [0.1, 0.15) is 0 Å². The number of hydrogen-bond donors (Lipinski definition) is 1. The van der Waals surface area contributed by atoms with Crippen molar-refractivity contribution in [2.75, 3.05) is 0 Å². The Morgan fingerprint density at radius 2 is 1.76 bits per heavy atom. The zero-order chi connectivity index (χ0) is 12.9. The van der Waals surface area contributed by atoms with Gasteiger partial charge < -0.3 is 5.11 Å². The number of sulfone groups is 1. The van der Waals surface area contributed by atoms with Crippen LogP contribution in [0, 0.1) is 0 Å². The Morgan fingerprint density at radius 3 is 2.24 bits per heavy atom. The minimum atomic E-state index is -3.42. The Kier molecular flexibility index (Phi) is 5.15. The van der Waals surface area contributed by atoms with Crippen LogP contribution in [0.15, 0.2) is 35.2 Å². The molecule has 4 heteroatoms. The van der Waals surface area contributed by atoms with Crippen molar-refractivity contribution in [2.45, 2.75) is 49.4 Å². The van der Waals surface area contributed by atoms with Crippen LogP contribution in [0.3, 0.4) is 0 Å². The van der Waals surface area contributed by atoms with Crippen LogP contribution in [-0.4, -0.2) is 24.9 Å². The molecule has 3 nitrogen and oxygen atoms in total. The fraction of sp³-hybridized carbons (Fsp3) is 0.538. The number of aliphatic hydroxyl groups excluding tert-OH is 1. The minimum absolute atomic E-state index is 0.294. The van der Waals surface area contributed by atoms with Gasteiger partial charge in [-0.1, -0.05) is 38.5 Å². The molecule has 0 aliphatic carbocycles. The van der Waals surface area contributed by atoms with Crippen LogP contribution in [0.5, 0.6) is 0 Å². The quantitative estimate of drug-likeness (QED) is 0.850. The molecule has 1 N–H and O–H groups in total. The molecule has 1 rings (SSSR count). The van der Waals surface area contributed by atoms with Crippen molar-refractivity contribution in [1.29, 1.82) is 0 Å². The standard InChI is InChI=1S/C13H20O3S/c1-3-8-12(14)13(4-2)17(15,16)11-9-6-5-7-10-11/h5-7,9-10,12-14H,3-4,8H2,1-2H3. The van der Waals surface area contributed by atoms with E-state index >= 15 is 0 Å². The van der Waals surface area contributed by atoms with Crippen molar-refractivity contribution in [1.82, 2.24) is 0 Å². The molecule has 0 aliphatic heterocycles. The van der Waals surface area contributed by atoms with Gasteiger partial charge in [0.2, 0.25) is 0 Å². The van der Waals surface area contributed by atoms with E-state index in [0.29, 0.717) is 17.7 Å². The van der Waals surface area contributed by atoms with Crippen LogP contribution >= 0.6 is 0 Å². The summed E-state index contributed by atoms with van der Waals surface area (Å²) >= 11 is 0. The molecule has 0 bridgehead atoms. The van der Waals surface area contributed by atoms with Crippen LogP contribution in [0.25, 0.3) is 0 Å². The Hall–Kier alpha value is -0.870. The van der Waals surface area contributed by atoms with Gasteiger partial charge in [-0.2, -0.15) is 0 Å². The number of benzene rings is 1. The summed E-state index contributed by atoms with van der Waals surface area (Å²) in [5.74, 6) is 0. The number of rotatable bonds is 6. The van der Waals surface area contributed by atoms with Gasteiger partial charge in [0.25, 0.3) is 0 Å². The molecule has 1 aromatic rings. The predicted octanol–water partition coefficient (Wildman–Crippen LogP) is 2.40. The molecule has 96 valence electrons. The summed E-state index contributed by atoms with van der Waals surface area (Å²) < 4.78 is 24.6. The van der Waals surface area contributed by atoms with Crippen molar-refractivity contribution < 1.29 is 13.5 Å². The Labute approximate surface area is 103 Å². The van der Waals surface area contributed by atoms with E-state index in [4.69, 9.17) is 0 Å². The van der Waals surface area contributed by atoms with Gasteiger partial charge >= 0.3 is 0 Å². The van der Waals surface area contributed by atoms with Gasteiger partial charge in [-0.25, -0.2) is 8.42 Å². The molecule has 0 fully saturated rings. The molecule has 2 atom stereocenters. The van der Waals surface area contributed by atoms with E-state index in [1.54, 1.807) is 37.3 Å². The first-order valence-electron chi connectivity index (χ1n) is 6.01. The first-order chi connectivity index (χ1) is 8.04. The average molecular weight is 256 g/mol. The van der Waals surface area contributed by atoms with E-state index in [0.717, 1.165) is 6.42 Å². The second kappa shape index (κ2) is 6.17. The maximum absolute atomic E-state index is 12.3. The highest BCUT2D eigenvalue weighted by molar-refractivity contribution is 7.92. The predicted molar refractivity (Wildman–Crippen MR) is 68.6 cm³/mol. The fourth-order valence-electron chi connectivity index (χ4n) is 1.96. The van der Waals surface area contributed by atoms with Crippen molar-refractivity contribution in [3.8, 4) is 0 Å².